The summed E-state index contributed by atoms with van der Waals surface area (Å²) in [4.78, 5) is 44.9. The zero-order valence-corrected chi connectivity index (χ0v) is 21.1. The second-order valence-electron chi connectivity index (χ2n) is 10.8. The number of urea groups is 1. The Labute approximate surface area is 208 Å². The van der Waals surface area contributed by atoms with Gasteiger partial charge >= 0.3 is 6.03 Å². The molecule has 2 saturated heterocycles. The first kappa shape index (κ1) is 25.6. The molecule has 35 heavy (non-hydrogen) atoms. The maximum atomic E-state index is 14.0. The summed E-state index contributed by atoms with van der Waals surface area (Å²) in [5, 5.41) is 3.04. The first-order valence-electron chi connectivity index (χ1n) is 13.1. The number of amides is 4. The van der Waals surface area contributed by atoms with Crippen LogP contribution in [-0.4, -0.2) is 78.4 Å². The quantitative estimate of drug-likeness (QED) is 0.543. The van der Waals surface area contributed by atoms with Crippen molar-refractivity contribution in [3.63, 3.8) is 0 Å². The van der Waals surface area contributed by atoms with Crippen LogP contribution < -0.4 is 5.32 Å². The molecular weight excluding hydrogens is 447 g/mol. The summed E-state index contributed by atoms with van der Waals surface area (Å²) >= 11 is 0. The van der Waals surface area contributed by atoms with Crippen LogP contribution in [0.5, 0.6) is 0 Å². The van der Waals surface area contributed by atoms with E-state index in [-0.39, 0.29) is 36.0 Å². The third kappa shape index (κ3) is 5.85. The monoisotopic (exact) mass is 486 g/mol. The third-order valence-corrected chi connectivity index (χ3v) is 8.04. The number of rotatable bonds is 9. The zero-order chi connectivity index (χ0) is 25.0. The SMILES string of the molecule is CN(C)CCCN1C(=O)NC(Cc2cccc(F)c2)(C2CCN(C(=O)CC3CCCC3)CC2)C1=O. The van der Waals surface area contributed by atoms with Crippen LogP contribution in [0, 0.1) is 17.7 Å². The van der Waals surface area contributed by atoms with Crippen molar-refractivity contribution in [3.05, 3.63) is 35.6 Å². The molecule has 0 radical (unpaired) electrons. The van der Waals surface area contributed by atoms with Gasteiger partial charge < -0.3 is 15.1 Å². The van der Waals surface area contributed by atoms with Crippen molar-refractivity contribution in [3.8, 4) is 0 Å². The fourth-order valence-electron chi connectivity index (χ4n) is 6.11. The molecule has 8 heteroatoms. The topological polar surface area (TPSA) is 73.0 Å². The molecular formula is C27H39FN4O3. The molecule has 1 aromatic carbocycles. The number of hydrogen-bond donors (Lipinski definition) is 1. The van der Waals surface area contributed by atoms with E-state index in [4.69, 9.17) is 0 Å². The number of carbonyl (C=O) groups excluding carboxylic acids is 3. The number of nitrogens with zero attached hydrogens (tertiary/aromatic N) is 3. The van der Waals surface area contributed by atoms with Gasteiger partial charge in [-0.2, -0.15) is 0 Å². The van der Waals surface area contributed by atoms with E-state index in [2.05, 4.69) is 5.32 Å². The van der Waals surface area contributed by atoms with E-state index in [0.29, 0.717) is 56.8 Å². The molecule has 192 valence electrons. The second-order valence-corrected chi connectivity index (χ2v) is 10.8. The highest BCUT2D eigenvalue weighted by Gasteiger charge is 2.55. The van der Waals surface area contributed by atoms with E-state index in [1.807, 2.05) is 23.9 Å². The van der Waals surface area contributed by atoms with E-state index < -0.39 is 5.54 Å². The fourth-order valence-corrected chi connectivity index (χ4v) is 6.11. The van der Waals surface area contributed by atoms with Gasteiger partial charge in [-0.15, -0.1) is 0 Å². The van der Waals surface area contributed by atoms with Crippen LogP contribution in [0.25, 0.3) is 0 Å². The minimum Gasteiger partial charge on any atom is -0.343 e. The lowest BCUT2D eigenvalue weighted by molar-refractivity contribution is -0.136. The van der Waals surface area contributed by atoms with Crippen LogP contribution in [0.15, 0.2) is 24.3 Å². The molecule has 2 aliphatic heterocycles. The summed E-state index contributed by atoms with van der Waals surface area (Å²) in [6, 6.07) is 5.89. The number of carbonyl (C=O) groups is 3. The highest BCUT2D eigenvalue weighted by molar-refractivity contribution is 6.07. The molecule has 4 rings (SSSR count). The van der Waals surface area contributed by atoms with Crippen molar-refractivity contribution in [2.24, 2.45) is 11.8 Å². The summed E-state index contributed by atoms with van der Waals surface area (Å²) in [7, 11) is 3.92. The van der Waals surface area contributed by atoms with Gasteiger partial charge in [0.2, 0.25) is 5.91 Å². The normalized spacial score (nSPS) is 24.0. The van der Waals surface area contributed by atoms with E-state index in [0.717, 1.165) is 19.4 Å². The average molecular weight is 487 g/mol. The molecule has 1 atom stereocenters. The fraction of sp³-hybridized carbons (Fsp3) is 0.667. The lowest BCUT2D eigenvalue weighted by Crippen LogP contribution is -2.58. The van der Waals surface area contributed by atoms with Gasteiger partial charge in [0, 0.05) is 32.5 Å². The number of benzene rings is 1. The highest BCUT2D eigenvalue weighted by atomic mass is 19.1. The number of likely N-dealkylation sites (tertiary alicyclic amines) is 1. The minimum absolute atomic E-state index is 0.114. The standard InChI is InChI=1S/C27H39FN4O3/c1-30(2)13-6-14-32-25(34)27(29-26(32)35,19-21-9-5-10-23(28)17-21)22-11-15-31(16-12-22)24(33)18-20-7-3-4-8-20/h5,9-10,17,20,22H,3-4,6-8,11-16,18-19H2,1-2H3,(H,29,35). The van der Waals surface area contributed by atoms with Crippen LogP contribution >= 0.6 is 0 Å². The van der Waals surface area contributed by atoms with Crippen molar-refractivity contribution in [1.29, 1.82) is 0 Å². The molecule has 3 aliphatic rings. The predicted molar refractivity (Wildman–Crippen MR) is 132 cm³/mol. The summed E-state index contributed by atoms with van der Waals surface area (Å²) in [6.45, 7) is 2.30. The molecule has 1 N–H and O–H groups in total. The number of hydrogen-bond acceptors (Lipinski definition) is 4. The maximum Gasteiger partial charge on any atom is 0.325 e. The molecule has 2 heterocycles. The number of piperidine rings is 1. The van der Waals surface area contributed by atoms with E-state index >= 15 is 0 Å². The van der Waals surface area contributed by atoms with Crippen LogP contribution in [0.2, 0.25) is 0 Å². The van der Waals surface area contributed by atoms with Gasteiger partial charge in [-0.1, -0.05) is 25.0 Å². The van der Waals surface area contributed by atoms with E-state index in [1.54, 1.807) is 12.1 Å². The van der Waals surface area contributed by atoms with Gasteiger partial charge in [-0.05, 0) is 82.3 Å². The van der Waals surface area contributed by atoms with Crippen LogP contribution in [0.1, 0.15) is 56.9 Å². The number of nitrogens with one attached hydrogen (secondary N) is 1. The van der Waals surface area contributed by atoms with Crippen LogP contribution in [0.3, 0.4) is 0 Å². The van der Waals surface area contributed by atoms with Gasteiger partial charge in [-0.3, -0.25) is 14.5 Å². The summed E-state index contributed by atoms with van der Waals surface area (Å²) in [5.41, 5.74) is -0.419. The van der Waals surface area contributed by atoms with Crippen LogP contribution in [-0.2, 0) is 16.0 Å². The van der Waals surface area contributed by atoms with E-state index in [1.165, 1.54) is 29.9 Å². The Morgan fingerprint density at radius 1 is 1.14 bits per heavy atom. The maximum absolute atomic E-state index is 14.0. The minimum atomic E-state index is -1.11. The van der Waals surface area contributed by atoms with Gasteiger partial charge in [0.1, 0.15) is 11.4 Å². The smallest absolute Gasteiger partial charge is 0.325 e. The largest absolute Gasteiger partial charge is 0.343 e. The van der Waals surface area contributed by atoms with Gasteiger partial charge in [0.05, 0.1) is 0 Å². The molecule has 0 bridgehead atoms. The van der Waals surface area contributed by atoms with Gasteiger partial charge in [0.25, 0.3) is 5.91 Å². The molecule has 0 aromatic heterocycles. The Morgan fingerprint density at radius 3 is 2.51 bits per heavy atom. The zero-order valence-electron chi connectivity index (χ0n) is 21.1. The van der Waals surface area contributed by atoms with E-state index in [9.17, 15) is 18.8 Å². The Hall–Kier alpha value is -2.48. The van der Waals surface area contributed by atoms with Crippen molar-refractivity contribution in [1.82, 2.24) is 20.0 Å². The molecule has 1 aromatic rings. The first-order chi connectivity index (χ1) is 16.8. The van der Waals surface area contributed by atoms with Crippen molar-refractivity contribution < 1.29 is 18.8 Å². The van der Waals surface area contributed by atoms with Crippen molar-refractivity contribution in [2.45, 2.75) is 63.3 Å². The second kappa shape index (κ2) is 11.1. The third-order valence-electron chi connectivity index (χ3n) is 8.04. The van der Waals surface area contributed by atoms with Crippen LogP contribution in [0.4, 0.5) is 9.18 Å². The number of imide groups is 1. The molecule has 4 amide bonds. The Kier molecular flexibility index (Phi) is 8.09. The van der Waals surface area contributed by atoms with Crippen molar-refractivity contribution >= 4 is 17.8 Å². The Balaban J connectivity index is 1.49. The molecule has 1 saturated carbocycles. The first-order valence-corrected chi connectivity index (χ1v) is 13.1. The highest BCUT2D eigenvalue weighted by Crippen LogP contribution is 2.37. The van der Waals surface area contributed by atoms with Gasteiger partial charge in [0.15, 0.2) is 0 Å². The number of halogens is 1. The molecule has 3 fully saturated rings. The molecule has 1 unspecified atom stereocenters. The average Bonchev–Trinajstić information content (AvgIpc) is 3.41. The lowest BCUT2D eigenvalue weighted by atomic mass is 9.73. The lowest BCUT2D eigenvalue weighted by Gasteiger charge is -2.41. The Morgan fingerprint density at radius 2 is 1.86 bits per heavy atom. The Bertz CT molecular complexity index is 925. The predicted octanol–water partition coefficient (Wildman–Crippen LogP) is 3.43. The summed E-state index contributed by atoms with van der Waals surface area (Å²) < 4.78 is 14.0. The summed E-state index contributed by atoms with van der Waals surface area (Å²) in [6.07, 6.45) is 7.56. The molecule has 1 aliphatic carbocycles. The van der Waals surface area contributed by atoms with Crippen molar-refractivity contribution in [2.75, 3.05) is 40.3 Å². The molecule has 0 spiro atoms. The molecule has 7 nitrogen and oxygen atoms in total. The summed E-state index contributed by atoms with van der Waals surface area (Å²) in [5.74, 6) is 0.0232. The van der Waals surface area contributed by atoms with Gasteiger partial charge in [-0.25, -0.2) is 9.18 Å².